The number of ether oxygens (including phenoxy) is 1. The lowest BCUT2D eigenvalue weighted by Crippen LogP contribution is -2.35. The number of halogens is 1. The lowest BCUT2D eigenvalue weighted by atomic mass is 10.1. The summed E-state index contributed by atoms with van der Waals surface area (Å²) in [4.78, 5) is 10.7. The van der Waals surface area contributed by atoms with Crippen LogP contribution in [0.2, 0.25) is 0 Å². The Balaban J connectivity index is 2.78. The van der Waals surface area contributed by atoms with Gasteiger partial charge in [-0.05, 0) is 17.7 Å². The molecule has 1 atom stereocenters. The number of amides is 2. The van der Waals surface area contributed by atoms with Gasteiger partial charge < -0.3 is 15.8 Å². The third-order valence-electron chi connectivity index (χ3n) is 1.92. The molecule has 0 aliphatic heterocycles. The average Bonchev–Trinajstić information content (AvgIpc) is 2.17. The number of hydrogen-bond acceptors (Lipinski definition) is 2. The molecular weight excluding hydrogens is 199 g/mol. The predicted molar refractivity (Wildman–Crippen MR) is 53.7 cm³/mol. The van der Waals surface area contributed by atoms with Crippen molar-refractivity contribution < 1.29 is 13.9 Å². The molecule has 1 aromatic carbocycles. The van der Waals surface area contributed by atoms with Crippen molar-refractivity contribution in [3.63, 3.8) is 0 Å². The molecular formula is C10H13FN2O2. The Morgan fingerprint density at radius 2 is 2.13 bits per heavy atom. The highest BCUT2D eigenvalue weighted by Crippen LogP contribution is 2.13. The van der Waals surface area contributed by atoms with E-state index in [1.807, 2.05) is 0 Å². The topological polar surface area (TPSA) is 64.3 Å². The zero-order valence-electron chi connectivity index (χ0n) is 8.37. The van der Waals surface area contributed by atoms with Crippen molar-refractivity contribution in [2.45, 2.75) is 6.04 Å². The molecule has 0 radical (unpaired) electrons. The molecule has 3 N–H and O–H groups in total. The predicted octanol–water partition coefficient (Wildman–Crippen LogP) is 1.18. The van der Waals surface area contributed by atoms with Gasteiger partial charge in [0.1, 0.15) is 5.82 Å². The molecule has 1 rings (SSSR count). The molecule has 2 amide bonds. The van der Waals surface area contributed by atoms with Crippen LogP contribution in [0.3, 0.4) is 0 Å². The van der Waals surface area contributed by atoms with E-state index < -0.39 is 6.03 Å². The number of benzene rings is 1. The number of nitrogens with one attached hydrogen (secondary N) is 1. The number of carbonyl (C=O) groups is 1. The molecule has 15 heavy (non-hydrogen) atoms. The summed E-state index contributed by atoms with van der Waals surface area (Å²) < 4.78 is 17.6. The maximum absolute atomic E-state index is 12.7. The summed E-state index contributed by atoms with van der Waals surface area (Å²) in [7, 11) is 1.51. The van der Waals surface area contributed by atoms with Gasteiger partial charge in [-0.2, -0.15) is 0 Å². The van der Waals surface area contributed by atoms with Gasteiger partial charge in [0.25, 0.3) is 0 Å². The molecule has 0 fully saturated rings. The first-order chi connectivity index (χ1) is 7.13. The van der Waals surface area contributed by atoms with Gasteiger partial charge in [0.2, 0.25) is 0 Å². The lowest BCUT2D eigenvalue weighted by Gasteiger charge is -2.16. The van der Waals surface area contributed by atoms with E-state index in [0.29, 0.717) is 0 Å². The minimum absolute atomic E-state index is 0.286. The zero-order valence-corrected chi connectivity index (χ0v) is 8.37. The zero-order chi connectivity index (χ0) is 11.3. The van der Waals surface area contributed by atoms with Crippen molar-refractivity contribution in [3.05, 3.63) is 35.6 Å². The van der Waals surface area contributed by atoms with E-state index in [4.69, 9.17) is 10.5 Å². The van der Waals surface area contributed by atoms with Crippen LogP contribution in [0, 0.1) is 5.82 Å². The third kappa shape index (κ3) is 3.55. The number of carbonyl (C=O) groups excluding carboxylic acids is 1. The summed E-state index contributed by atoms with van der Waals surface area (Å²) in [5, 5.41) is 2.51. The first-order valence-electron chi connectivity index (χ1n) is 4.44. The summed E-state index contributed by atoms with van der Waals surface area (Å²) in [5.74, 6) is -0.325. The molecule has 0 saturated heterocycles. The van der Waals surface area contributed by atoms with Gasteiger partial charge in [-0.3, -0.25) is 0 Å². The van der Waals surface area contributed by atoms with E-state index in [-0.39, 0.29) is 18.5 Å². The number of urea groups is 1. The van der Waals surface area contributed by atoms with E-state index in [1.54, 1.807) is 12.1 Å². The molecule has 0 aliphatic rings. The van der Waals surface area contributed by atoms with E-state index >= 15 is 0 Å². The molecule has 0 saturated carbocycles. The maximum atomic E-state index is 12.7. The van der Waals surface area contributed by atoms with Crippen LogP contribution >= 0.6 is 0 Å². The highest BCUT2D eigenvalue weighted by atomic mass is 19.1. The van der Waals surface area contributed by atoms with Gasteiger partial charge in [0.15, 0.2) is 0 Å². The first-order valence-corrected chi connectivity index (χ1v) is 4.44. The molecule has 4 nitrogen and oxygen atoms in total. The number of methoxy groups -OCH3 is 1. The summed E-state index contributed by atoms with van der Waals surface area (Å²) in [5.41, 5.74) is 5.76. The fraction of sp³-hybridized carbons (Fsp3) is 0.300. The first kappa shape index (κ1) is 11.5. The molecule has 0 heterocycles. The van der Waals surface area contributed by atoms with Gasteiger partial charge in [0.05, 0.1) is 12.6 Å². The highest BCUT2D eigenvalue weighted by Gasteiger charge is 2.12. The summed E-state index contributed by atoms with van der Waals surface area (Å²) >= 11 is 0. The lowest BCUT2D eigenvalue weighted by molar-refractivity contribution is 0.167. The Morgan fingerprint density at radius 3 is 2.60 bits per heavy atom. The van der Waals surface area contributed by atoms with Crippen LogP contribution in [0.25, 0.3) is 0 Å². The van der Waals surface area contributed by atoms with Gasteiger partial charge in [0, 0.05) is 7.11 Å². The van der Waals surface area contributed by atoms with Crippen LogP contribution in [0.5, 0.6) is 0 Å². The van der Waals surface area contributed by atoms with Gasteiger partial charge in [-0.1, -0.05) is 12.1 Å². The second-order valence-electron chi connectivity index (χ2n) is 3.07. The Hall–Kier alpha value is -1.62. The number of rotatable bonds is 4. The van der Waals surface area contributed by atoms with Crippen LogP contribution < -0.4 is 11.1 Å². The maximum Gasteiger partial charge on any atom is 0.312 e. The van der Waals surface area contributed by atoms with Crippen molar-refractivity contribution in [1.82, 2.24) is 5.32 Å². The second kappa shape index (κ2) is 5.31. The van der Waals surface area contributed by atoms with Gasteiger partial charge in [-0.25, -0.2) is 9.18 Å². The van der Waals surface area contributed by atoms with Crippen LogP contribution in [0.4, 0.5) is 9.18 Å². The minimum atomic E-state index is -0.638. The normalized spacial score (nSPS) is 12.1. The Kier molecular flexibility index (Phi) is 4.05. The van der Waals surface area contributed by atoms with Crippen LogP contribution in [0.1, 0.15) is 11.6 Å². The summed E-state index contributed by atoms with van der Waals surface area (Å²) in [6, 6.07) is 4.81. The van der Waals surface area contributed by atoms with E-state index in [9.17, 15) is 9.18 Å². The quantitative estimate of drug-likeness (QED) is 0.787. The fourth-order valence-corrected chi connectivity index (χ4v) is 1.25. The SMILES string of the molecule is COC[C@H](NC(N)=O)c1ccc(F)cc1. The standard InChI is InChI=1S/C10H13FN2O2/c1-15-6-9(13-10(12)14)7-2-4-8(11)5-3-7/h2-5,9H,6H2,1H3,(H3,12,13,14)/t9-/m0/s1. The van der Waals surface area contributed by atoms with Crippen molar-refractivity contribution in [2.24, 2.45) is 5.73 Å². The van der Waals surface area contributed by atoms with Crippen LogP contribution in [-0.2, 0) is 4.74 Å². The Labute approximate surface area is 87.2 Å². The van der Waals surface area contributed by atoms with E-state index in [1.165, 1.54) is 19.2 Å². The van der Waals surface area contributed by atoms with Crippen LogP contribution in [-0.4, -0.2) is 19.7 Å². The smallest absolute Gasteiger partial charge is 0.312 e. The molecule has 0 bridgehead atoms. The molecule has 0 unspecified atom stereocenters. The number of primary amides is 1. The number of nitrogens with two attached hydrogens (primary N) is 1. The molecule has 1 aromatic rings. The van der Waals surface area contributed by atoms with E-state index in [2.05, 4.69) is 5.32 Å². The Bertz CT molecular complexity index is 327. The average molecular weight is 212 g/mol. The van der Waals surface area contributed by atoms with Gasteiger partial charge in [-0.15, -0.1) is 0 Å². The largest absolute Gasteiger partial charge is 0.382 e. The second-order valence-corrected chi connectivity index (χ2v) is 3.07. The Morgan fingerprint density at radius 1 is 1.53 bits per heavy atom. The monoisotopic (exact) mass is 212 g/mol. The summed E-state index contributed by atoms with van der Waals surface area (Å²) in [6.45, 7) is 0.286. The van der Waals surface area contributed by atoms with Crippen molar-refractivity contribution in [3.8, 4) is 0 Å². The molecule has 0 aliphatic carbocycles. The van der Waals surface area contributed by atoms with Crippen molar-refractivity contribution in [2.75, 3.05) is 13.7 Å². The number of hydrogen-bond donors (Lipinski definition) is 2. The summed E-state index contributed by atoms with van der Waals surface area (Å²) in [6.07, 6.45) is 0. The highest BCUT2D eigenvalue weighted by molar-refractivity contribution is 5.72. The van der Waals surface area contributed by atoms with Crippen molar-refractivity contribution in [1.29, 1.82) is 0 Å². The van der Waals surface area contributed by atoms with Gasteiger partial charge >= 0.3 is 6.03 Å². The minimum Gasteiger partial charge on any atom is -0.382 e. The molecule has 82 valence electrons. The van der Waals surface area contributed by atoms with Crippen molar-refractivity contribution >= 4 is 6.03 Å². The van der Waals surface area contributed by atoms with Crippen LogP contribution in [0.15, 0.2) is 24.3 Å². The fourth-order valence-electron chi connectivity index (χ4n) is 1.25. The third-order valence-corrected chi connectivity index (χ3v) is 1.92. The molecule has 5 heteroatoms. The molecule has 0 aromatic heterocycles. The van der Waals surface area contributed by atoms with E-state index in [0.717, 1.165) is 5.56 Å². The molecule has 0 spiro atoms.